The van der Waals surface area contributed by atoms with E-state index in [2.05, 4.69) is 64.8 Å². The van der Waals surface area contributed by atoms with Crippen LogP contribution in [0.4, 0.5) is 0 Å². The maximum Gasteiger partial charge on any atom is 0.133 e. The molecule has 0 bridgehead atoms. The van der Waals surface area contributed by atoms with Crippen molar-refractivity contribution >= 4 is 31.9 Å². The first-order chi connectivity index (χ1) is 7.92. The summed E-state index contributed by atoms with van der Waals surface area (Å²) < 4.78 is 6.27. The van der Waals surface area contributed by atoms with Gasteiger partial charge in [-0.15, -0.1) is 0 Å². The highest BCUT2D eigenvalue weighted by Crippen LogP contribution is 2.35. The van der Waals surface area contributed by atoms with Crippen LogP contribution in [0, 0.1) is 11.3 Å². The summed E-state index contributed by atoms with van der Waals surface area (Å²) >= 11 is 7.18. The lowest BCUT2D eigenvalue weighted by molar-refractivity contribution is 0.258. The van der Waals surface area contributed by atoms with Crippen molar-refractivity contribution in [2.24, 2.45) is 11.3 Å². The third-order valence-electron chi connectivity index (χ3n) is 3.52. The van der Waals surface area contributed by atoms with E-state index in [0.717, 1.165) is 22.0 Å². The molecule has 1 aromatic rings. The van der Waals surface area contributed by atoms with Crippen LogP contribution in [0.1, 0.15) is 26.3 Å². The number of hydrogen-bond donors (Lipinski definition) is 0. The number of benzene rings is 1. The second-order valence-electron chi connectivity index (χ2n) is 5.09. The standard InChI is InChI=1S/C14H20Br2O/c1-10(2)14(3,9-15)8-11-5-6-13(17-4)12(16)7-11/h5-7,10H,8-9H2,1-4H3. The molecule has 0 fully saturated rings. The van der Waals surface area contributed by atoms with Crippen molar-refractivity contribution in [1.29, 1.82) is 0 Å². The maximum absolute atomic E-state index is 5.25. The number of rotatable bonds is 5. The first-order valence-electron chi connectivity index (χ1n) is 5.81. The van der Waals surface area contributed by atoms with E-state index >= 15 is 0 Å². The SMILES string of the molecule is COc1ccc(CC(C)(CBr)C(C)C)cc1Br. The van der Waals surface area contributed by atoms with Crippen LogP contribution in [0.5, 0.6) is 5.75 Å². The predicted octanol–water partition coefficient (Wildman–Crippen LogP) is 5.06. The second-order valence-corrected chi connectivity index (χ2v) is 6.50. The van der Waals surface area contributed by atoms with Gasteiger partial charge in [-0.1, -0.05) is 42.8 Å². The smallest absolute Gasteiger partial charge is 0.133 e. The average Bonchev–Trinajstić information content (AvgIpc) is 2.29. The van der Waals surface area contributed by atoms with Crippen molar-refractivity contribution in [2.75, 3.05) is 12.4 Å². The van der Waals surface area contributed by atoms with Gasteiger partial charge in [0.05, 0.1) is 11.6 Å². The van der Waals surface area contributed by atoms with Crippen LogP contribution in [-0.2, 0) is 6.42 Å². The van der Waals surface area contributed by atoms with E-state index in [0.29, 0.717) is 5.92 Å². The number of alkyl halides is 1. The zero-order chi connectivity index (χ0) is 13.1. The lowest BCUT2D eigenvalue weighted by Crippen LogP contribution is -2.28. The minimum atomic E-state index is 0.286. The molecule has 0 aliphatic carbocycles. The summed E-state index contributed by atoms with van der Waals surface area (Å²) in [6.45, 7) is 6.88. The summed E-state index contributed by atoms with van der Waals surface area (Å²) in [5.41, 5.74) is 1.63. The molecule has 0 N–H and O–H groups in total. The van der Waals surface area contributed by atoms with Crippen LogP contribution in [0.25, 0.3) is 0 Å². The van der Waals surface area contributed by atoms with Gasteiger partial charge in [0.2, 0.25) is 0 Å². The Kier molecular flexibility index (Phi) is 5.52. The third kappa shape index (κ3) is 3.72. The van der Waals surface area contributed by atoms with Gasteiger partial charge in [0.1, 0.15) is 5.75 Å². The molecular formula is C14H20Br2O. The van der Waals surface area contributed by atoms with Crippen LogP contribution < -0.4 is 4.74 Å². The van der Waals surface area contributed by atoms with Gasteiger partial charge in [-0.2, -0.15) is 0 Å². The summed E-state index contributed by atoms with van der Waals surface area (Å²) in [7, 11) is 1.69. The molecule has 1 nitrogen and oxygen atoms in total. The van der Waals surface area contributed by atoms with Crippen LogP contribution in [0.15, 0.2) is 22.7 Å². The fraction of sp³-hybridized carbons (Fsp3) is 0.571. The van der Waals surface area contributed by atoms with Crippen molar-refractivity contribution in [3.63, 3.8) is 0 Å². The summed E-state index contributed by atoms with van der Waals surface area (Å²) in [6, 6.07) is 6.32. The number of ether oxygens (including phenoxy) is 1. The first kappa shape index (κ1) is 15.0. The van der Waals surface area contributed by atoms with Crippen molar-refractivity contribution in [1.82, 2.24) is 0 Å². The molecule has 17 heavy (non-hydrogen) atoms. The predicted molar refractivity (Wildman–Crippen MR) is 81.1 cm³/mol. The molecule has 0 amide bonds. The molecule has 1 rings (SSSR count). The summed E-state index contributed by atoms with van der Waals surface area (Å²) in [5.74, 6) is 1.53. The maximum atomic E-state index is 5.25. The van der Waals surface area contributed by atoms with Gasteiger partial charge in [-0.05, 0) is 51.4 Å². The lowest BCUT2D eigenvalue weighted by Gasteiger charge is -2.32. The zero-order valence-corrected chi connectivity index (χ0v) is 14.1. The van der Waals surface area contributed by atoms with E-state index < -0.39 is 0 Å². The second kappa shape index (κ2) is 6.24. The fourth-order valence-corrected chi connectivity index (χ4v) is 3.13. The Morgan fingerprint density at radius 2 is 2.00 bits per heavy atom. The molecule has 0 heterocycles. The van der Waals surface area contributed by atoms with E-state index in [1.54, 1.807) is 7.11 Å². The molecule has 0 saturated carbocycles. The van der Waals surface area contributed by atoms with Gasteiger partial charge in [0, 0.05) is 5.33 Å². The van der Waals surface area contributed by atoms with Gasteiger partial charge < -0.3 is 4.74 Å². The highest BCUT2D eigenvalue weighted by atomic mass is 79.9. The fourth-order valence-electron chi connectivity index (χ4n) is 1.69. The lowest BCUT2D eigenvalue weighted by atomic mass is 9.76. The van der Waals surface area contributed by atoms with Crippen molar-refractivity contribution < 1.29 is 4.74 Å². The molecule has 0 aliphatic rings. The van der Waals surface area contributed by atoms with E-state index in [9.17, 15) is 0 Å². The molecule has 0 radical (unpaired) electrons. The summed E-state index contributed by atoms with van der Waals surface area (Å²) in [5, 5.41) is 1.02. The van der Waals surface area contributed by atoms with E-state index in [1.807, 2.05) is 6.07 Å². The third-order valence-corrected chi connectivity index (χ3v) is 5.42. The summed E-state index contributed by atoms with van der Waals surface area (Å²) in [4.78, 5) is 0. The van der Waals surface area contributed by atoms with Gasteiger partial charge in [-0.25, -0.2) is 0 Å². The van der Waals surface area contributed by atoms with Crippen molar-refractivity contribution in [2.45, 2.75) is 27.2 Å². The quantitative estimate of drug-likeness (QED) is 0.664. The van der Waals surface area contributed by atoms with Crippen molar-refractivity contribution in [3.05, 3.63) is 28.2 Å². The highest BCUT2D eigenvalue weighted by molar-refractivity contribution is 9.10. The van der Waals surface area contributed by atoms with Crippen LogP contribution >= 0.6 is 31.9 Å². The molecule has 96 valence electrons. The summed E-state index contributed by atoms with van der Waals surface area (Å²) in [6.07, 6.45) is 1.07. The van der Waals surface area contributed by atoms with E-state index in [-0.39, 0.29) is 5.41 Å². The molecular weight excluding hydrogens is 344 g/mol. The largest absolute Gasteiger partial charge is 0.496 e. The Morgan fingerprint density at radius 3 is 2.41 bits per heavy atom. The monoisotopic (exact) mass is 362 g/mol. The molecule has 1 atom stereocenters. The van der Waals surface area contributed by atoms with Gasteiger partial charge in [-0.3, -0.25) is 0 Å². The molecule has 1 aromatic carbocycles. The molecule has 0 aromatic heterocycles. The van der Waals surface area contributed by atoms with E-state index in [1.165, 1.54) is 5.56 Å². The number of methoxy groups -OCH3 is 1. The Morgan fingerprint density at radius 1 is 1.35 bits per heavy atom. The Hall–Kier alpha value is -0.0200. The topological polar surface area (TPSA) is 9.23 Å². The first-order valence-corrected chi connectivity index (χ1v) is 7.73. The van der Waals surface area contributed by atoms with Gasteiger partial charge in [0.15, 0.2) is 0 Å². The minimum Gasteiger partial charge on any atom is -0.496 e. The Labute approximate surface area is 121 Å². The van der Waals surface area contributed by atoms with Crippen LogP contribution in [0.2, 0.25) is 0 Å². The van der Waals surface area contributed by atoms with Crippen LogP contribution in [0.3, 0.4) is 0 Å². The number of halogens is 2. The van der Waals surface area contributed by atoms with Gasteiger partial charge >= 0.3 is 0 Å². The zero-order valence-electron chi connectivity index (χ0n) is 10.9. The van der Waals surface area contributed by atoms with Gasteiger partial charge in [0.25, 0.3) is 0 Å². The van der Waals surface area contributed by atoms with Crippen LogP contribution in [-0.4, -0.2) is 12.4 Å². The molecule has 0 spiro atoms. The average molecular weight is 364 g/mol. The molecule has 0 saturated heterocycles. The molecule has 3 heteroatoms. The molecule has 0 aliphatic heterocycles. The highest BCUT2D eigenvalue weighted by Gasteiger charge is 2.27. The van der Waals surface area contributed by atoms with Crippen molar-refractivity contribution in [3.8, 4) is 5.75 Å². The normalized spacial score (nSPS) is 14.8. The number of hydrogen-bond acceptors (Lipinski definition) is 1. The Bertz CT molecular complexity index is 376. The Balaban J connectivity index is 2.91. The molecule has 1 unspecified atom stereocenters. The van der Waals surface area contributed by atoms with E-state index in [4.69, 9.17) is 4.74 Å². The minimum absolute atomic E-state index is 0.286.